The first kappa shape index (κ1) is 12.2. The van der Waals surface area contributed by atoms with Crippen molar-refractivity contribution in [3.63, 3.8) is 0 Å². The maximum absolute atomic E-state index is 5.72. The number of benzene rings is 1. The molecular weight excluding hydrogens is 210 g/mol. The molecule has 1 heterocycles. The van der Waals surface area contributed by atoms with E-state index in [4.69, 9.17) is 5.73 Å². The van der Waals surface area contributed by atoms with Crippen LogP contribution in [0.3, 0.4) is 0 Å². The summed E-state index contributed by atoms with van der Waals surface area (Å²) in [5, 5.41) is 0. The number of hydrogen-bond donors (Lipinski definition) is 1. The van der Waals surface area contributed by atoms with E-state index < -0.39 is 0 Å². The van der Waals surface area contributed by atoms with E-state index in [0.717, 1.165) is 26.2 Å². The van der Waals surface area contributed by atoms with Crippen LogP contribution in [0.4, 0.5) is 11.4 Å². The Hall–Kier alpha value is -1.22. The van der Waals surface area contributed by atoms with E-state index >= 15 is 0 Å². The van der Waals surface area contributed by atoms with Gasteiger partial charge < -0.3 is 15.5 Å². The first-order valence-corrected chi connectivity index (χ1v) is 6.41. The molecule has 1 aliphatic heterocycles. The van der Waals surface area contributed by atoms with Gasteiger partial charge in [0.15, 0.2) is 0 Å². The Labute approximate surface area is 104 Å². The lowest BCUT2D eigenvalue weighted by molar-refractivity contribution is 0.741. The summed E-state index contributed by atoms with van der Waals surface area (Å²) in [6.07, 6.45) is 1.20. The first-order chi connectivity index (χ1) is 8.13. The monoisotopic (exact) mass is 233 g/mol. The molecule has 0 amide bonds. The van der Waals surface area contributed by atoms with E-state index in [1.54, 1.807) is 0 Å². The lowest BCUT2D eigenvalue weighted by Gasteiger charge is -2.27. The number of rotatable bonds is 2. The van der Waals surface area contributed by atoms with E-state index in [2.05, 4.69) is 42.8 Å². The average molecular weight is 233 g/mol. The second kappa shape index (κ2) is 4.96. The molecule has 0 aliphatic carbocycles. The quantitative estimate of drug-likeness (QED) is 0.847. The number of nitrogens with two attached hydrogens (primary N) is 1. The van der Waals surface area contributed by atoms with Crippen LogP contribution in [0.25, 0.3) is 0 Å². The molecule has 94 valence electrons. The van der Waals surface area contributed by atoms with Crippen LogP contribution in [0.15, 0.2) is 12.1 Å². The molecule has 0 spiro atoms. The molecule has 0 atom stereocenters. The normalized spacial score (nSPS) is 15.8. The number of anilines is 2. The van der Waals surface area contributed by atoms with Gasteiger partial charge in [0.1, 0.15) is 0 Å². The predicted octanol–water partition coefficient (Wildman–Crippen LogP) is 1.91. The van der Waals surface area contributed by atoms with Crippen molar-refractivity contribution in [2.45, 2.75) is 20.3 Å². The third-order valence-electron chi connectivity index (χ3n) is 3.47. The molecule has 17 heavy (non-hydrogen) atoms. The van der Waals surface area contributed by atoms with Crippen LogP contribution >= 0.6 is 0 Å². The minimum Gasteiger partial charge on any atom is -0.373 e. The minimum atomic E-state index is 0.718. The van der Waals surface area contributed by atoms with Crippen molar-refractivity contribution in [1.29, 1.82) is 0 Å². The maximum atomic E-state index is 5.72. The van der Waals surface area contributed by atoms with Crippen molar-refractivity contribution < 1.29 is 0 Å². The zero-order valence-corrected chi connectivity index (χ0v) is 11.2. The lowest BCUT2D eigenvalue weighted by atomic mass is 10.1. The topological polar surface area (TPSA) is 32.5 Å². The van der Waals surface area contributed by atoms with E-state index in [-0.39, 0.29) is 0 Å². The van der Waals surface area contributed by atoms with Crippen molar-refractivity contribution >= 4 is 11.4 Å². The van der Waals surface area contributed by atoms with E-state index in [1.807, 2.05) is 0 Å². The van der Waals surface area contributed by atoms with Crippen LogP contribution in [0.2, 0.25) is 0 Å². The first-order valence-electron chi connectivity index (χ1n) is 6.41. The molecule has 3 heteroatoms. The summed E-state index contributed by atoms with van der Waals surface area (Å²) in [7, 11) is 2.19. The Morgan fingerprint density at radius 2 is 2.00 bits per heavy atom. The Morgan fingerprint density at radius 3 is 2.71 bits per heavy atom. The third-order valence-corrected chi connectivity index (χ3v) is 3.47. The molecule has 0 saturated heterocycles. The molecule has 1 aromatic carbocycles. The smallest absolute Gasteiger partial charge is 0.0631 e. The second-order valence-corrected chi connectivity index (χ2v) is 5.00. The van der Waals surface area contributed by atoms with Gasteiger partial charge >= 0.3 is 0 Å². The molecule has 1 aromatic rings. The van der Waals surface area contributed by atoms with Gasteiger partial charge in [0.25, 0.3) is 0 Å². The van der Waals surface area contributed by atoms with Gasteiger partial charge in [-0.3, -0.25) is 0 Å². The Kier molecular flexibility index (Phi) is 3.57. The number of fused-ring (bicyclic) bond motifs is 1. The number of nitrogens with zero attached hydrogens (tertiary/aromatic N) is 2. The highest BCUT2D eigenvalue weighted by atomic mass is 15.2. The summed E-state index contributed by atoms with van der Waals surface area (Å²) in [4.78, 5) is 4.81. The van der Waals surface area contributed by atoms with Gasteiger partial charge in [-0.05, 0) is 37.5 Å². The van der Waals surface area contributed by atoms with Gasteiger partial charge in [-0.2, -0.15) is 0 Å². The highest BCUT2D eigenvalue weighted by molar-refractivity contribution is 5.76. The average Bonchev–Trinajstić information content (AvgIpc) is 2.40. The summed E-state index contributed by atoms with van der Waals surface area (Å²) in [6.45, 7) is 8.27. The standard InChI is InChI=1S/C14H23N3/c1-11-9-12(2)14-13(10-11)17(8-5-15)7-4-6-16(14)3/h9-10H,4-8,15H2,1-3H3. The van der Waals surface area contributed by atoms with E-state index in [0.29, 0.717) is 0 Å². The molecule has 3 nitrogen and oxygen atoms in total. The highest BCUT2D eigenvalue weighted by Crippen LogP contribution is 2.35. The van der Waals surface area contributed by atoms with Crippen molar-refractivity contribution in [2.75, 3.05) is 43.0 Å². The minimum absolute atomic E-state index is 0.718. The Morgan fingerprint density at radius 1 is 1.24 bits per heavy atom. The molecule has 0 aromatic heterocycles. The fourth-order valence-electron chi connectivity index (χ4n) is 2.79. The van der Waals surface area contributed by atoms with Crippen molar-refractivity contribution in [1.82, 2.24) is 0 Å². The number of hydrogen-bond acceptors (Lipinski definition) is 3. The molecule has 0 saturated carbocycles. The van der Waals surface area contributed by atoms with Crippen molar-refractivity contribution in [3.8, 4) is 0 Å². The SMILES string of the molecule is Cc1cc(C)c2c(c1)N(CCN)CCCN2C. The van der Waals surface area contributed by atoms with Gasteiger partial charge in [0, 0.05) is 33.2 Å². The molecule has 2 rings (SSSR count). The van der Waals surface area contributed by atoms with Crippen LogP contribution < -0.4 is 15.5 Å². The molecule has 2 N–H and O–H groups in total. The van der Waals surface area contributed by atoms with Crippen LogP contribution in [-0.4, -0.2) is 33.2 Å². The Balaban J connectivity index is 2.50. The van der Waals surface area contributed by atoms with Gasteiger partial charge in [0.05, 0.1) is 11.4 Å². The predicted molar refractivity (Wildman–Crippen MR) is 75.1 cm³/mol. The van der Waals surface area contributed by atoms with Crippen LogP contribution in [0.5, 0.6) is 0 Å². The summed E-state index contributed by atoms with van der Waals surface area (Å²) in [6, 6.07) is 4.56. The molecule has 0 unspecified atom stereocenters. The zero-order valence-electron chi connectivity index (χ0n) is 11.2. The van der Waals surface area contributed by atoms with Gasteiger partial charge in [-0.1, -0.05) is 6.07 Å². The Bertz CT molecular complexity index is 401. The van der Waals surface area contributed by atoms with E-state index in [1.165, 1.54) is 28.9 Å². The zero-order chi connectivity index (χ0) is 12.4. The largest absolute Gasteiger partial charge is 0.373 e. The van der Waals surface area contributed by atoms with E-state index in [9.17, 15) is 0 Å². The molecule has 0 radical (unpaired) electrons. The summed E-state index contributed by atoms with van der Waals surface area (Å²) < 4.78 is 0. The van der Waals surface area contributed by atoms with Gasteiger partial charge in [0.2, 0.25) is 0 Å². The number of aryl methyl sites for hydroxylation is 2. The molecule has 0 fully saturated rings. The molecule has 0 bridgehead atoms. The third kappa shape index (κ3) is 2.39. The summed E-state index contributed by atoms with van der Waals surface area (Å²) in [5.41, 5.74) is 11.2. The van der Waals surface area contributed by atoms with Gasteiger partial charge in [-0.15, -0.1) is 0 Å². The van der Waals surface area contributed by atoms with Crippen LogP contribution in [0.1, 0.15) is 17.5 Å². The van der Waals surface area contributed by atoms with Gasteiger partial charge in [-0.25, -0.2) is 0 Å². The second-order valence-electron chi connectivity index (χ2n) is 5.00. The molecule has 1 aliphatic rings. The van der Waals surface area contributed by atoms with Crippen LogP contribution in [0, 0.1) is 13.8 Å². The highest BCUT2D eigenvalue weighted by Gasteiger charge is 2.19. The lowest BCUT2D eigenvalue weighted by Crippen LogP contribution is -2.30. The molecular formula is C14H23N3. The fraction of sp³-hybridized carbons (Fsp3) is 0.571. The summed E-state index contributed by atoms with van der Waals surface area (Å²) in [5.74, 6) is 0. The van der Waals surface area contributed by atoms with Crippen molar-refractivity contribution in [2.24, 2.45) is 5.73 Å². The fourth-order valence-corrected chi connectivity index (χ4v) is 2.79. The van der Waals surface area contributed by atoms with Crippen molar-refractivity contribution in [3.05, 3.63) is 23.3 Å². The maximum Gasteiger partial charge on any atom is 0.0631 e. The summed E-state index contributed by atoms with van der Waals surface area (Å²) >= 11 is 0. The van der Waals surface area contributed by atoms with Crippen LogP contribution in [-0.2, 0) is 0 Å².